The third-order valence-corrected chi connectivity index (χ3v) is 5.51. The Bertz CT molecular complexity index is 1110. The van der Waals surface area contributed by atoms with E-state index in [2.05, 4.69) is 20.3 Å². The average Bonchev–Trinajstić information content (AvgIpc) is 3.20. The summed E-state index contributed by atoms with van der Waals surface area (Å²) >= 11 is 0. The van der Waals surface area contributed by atoms with Crippen LogP contribution in [0.5, 0.6) is 0 Å². The largest absolute Gasteiger partial charge is 0.354 e. The van der Waals surface area contributed by atoms with Crippen molar-refractivity contribution in [1.82, 2.24) is 20.3 Å². The summed E-state index contributed by atoms with van der Waals surface area (Å²) in [6.45, 7) is 2.37. The highest BCUT2D eigenvalue weighted by atomic mass is 19.1. The second-order valence-corrected chi connectivity index (χ2v) is 7.48. The number of carbonyl (C=O) groups excluding carboxylic acids is 1. The second kappa shape index (κ2) is 7.56. The van der Waals surface area contributed by atoms with E-state index in [9.17, 15) is 13.6 Å². The third kappa shape index (κ3) is 3.35. The van der Waals surface area contributed by atoms with Crippen molar-refractivity contribution in [3.05, 3.63) is 42.5 Å². The van der Waals surface area contributed by atoms with Crippen molar-refractivity contribution >= 4 is 28.6 Å². The Labute approximate surface area is 171 Å². The number of pyridine rings is 3. The number of alkyl halides is 1. The standard InChI is InChI=1S/C21H20F2N6O/c22-14-5-7-28(12-14)18-4-2-16-21(27-18)20(15(23)10-25-16)13-1-3-17(26-9-13)29-8-6-24-11-19(29)30/h1-4,9-10,14,24H,5-8,11-12H2. The van der Waals surface area contributed by atoms with Crippen LogP contribution in [0.4, 0.5) is 20.4 Å². The summed E-state index contributed by atoms with van der Waals surface area (Å²) in [7, 11) is 0. The molecule has 0 aliphatic carbocycles. The molecule has 1 unspecified atom stereocenters. The van der Waals surface area contributed by atoms with Gasteiger partial charge in [-0.2, -0.15) is 0 Å². The van der Waals surface area contributed by atoms with Gasteiger partial charge in [-0.05, 0) is 30.7 Å². The summed E-state index contributed by atoms with van der Waals surface area (Å²) in [6.07, 6.45) is 2.30. The number of nitrogens with zero attached hydrogens (tertiary/aromatic N) is 5. The summed E-state index contributed by atoms with van der Waals surface area (Å²) in [5.74, 6) is 0.575. The number of aromatic nitrogens is 3. The quantitative estimate of drug-likeness (QED) is 0.714. The van der Waals surface area contributed by atoms with Crippen LogP contribution < -0.4 is 15.1 Å². The van der Waals surface area contributed by atoms with Crippen molar-refractivity contribution in [1.29, 1.82) is 0 Å². The summed E-state index contributed by atoms with van der Waals surface area (Å²) in [5.41, 5.74) is 1.79. The fourth-order valence-electron chi connectivity index (χ4n) is 3.95. The van der Waals surface area contributed by atoms with Gasteiger partial charge in [0, 0.05) is 37.0 Å². The van der Waals surface area contributed by atoms with Crippen molar-refractivity contribution in [2.75, 3.05) is 42.5 Å². The van der Waals surface area contributed by atoms with Crippen molar-refractivity contribution in [2.24, 2.45) is 0 Å². The first-order valence-electron chi connectivity index (χ1n) is 9.92. The van der Waals surface area contributed by atoms with Crippen LogP contribution in [0.25, 0.3) is 22.2 Å². The summed E-state index contributed by atoms with van der Waals surface area (Å²) in [6, 6.07) is 7.00. The monoisotopic (exact) mass is 410 g/mol. The molecule has 9 heteroatoms. The van der Waals surface area contributed by atoms with Gasteiger partial charge in [0.05, 0.1) is 24.8 Å². The molecule has 2 aliphatic heterocycles. The van der Waals surface area contributed by atoms with Crippen LogP contribution in [0.2, 0.25) is 0 Å². The molecule has 3 aromatic rings. The summed E-state index contributed by atoms with van der Waals surface area (Å²) < 4.78 is 28.4. The molecule has 1 amide bonds. The van der Waals surface area contributed by atoms with E-state index in [1.165, 1.54) is 6.20 Å². The Kier molecular flexibility index (Phi) is 4.74. The molecule has 7 nitrogen and oxygen atoms in total. The maximum atomic E-state index is 14.8. The molecule has 2 fully saturated rings. The van der Waals surface area contributed by atoms with Crippen molar-refractivity contribution < 1.29 is 13.6 Å². The summed E-state index contributed by atoms with van der Waals surface area (Å²) in [5, 5.41) is 3.02. The molecule has 0 spiro atoms. The zero-order valence-electron chi connectivity index (χ0n) is 16.2. The van der Waals surface area contributed by atoms with Crippen LogP contribution in [0.3, 0.4) is 0 Å². The van der Waals surface area contributed by atoms with E-state index in [-0.39, 0.29) is 19.0 Å². The number of anilines is 2. The fraction of sp³-hybridized carbons (Fsp3) is 0.333. The summed E-state index contributed by atoms with van der Waals surface area (Å²) in [4.78, 5) is 28.7. The minimum atomic E-state index is -0.878. The molecule has 0 aromatic carbocycles. The molecule has 0 saturated carbocycles. The zero-order valence-corrected chi connectivity index (χ0v) is 16.2. The Morgan fingerprint density at radius 2 is 1.93 bits per heavy atom. The van der Waals surface area contributed by atoms with E-state index >= 15 is 0 Å². The van der Waals surface area contributed by atoms with E-state index in [1.807, 2.05) is 4.90 Å². The Morgan fingerprint density at radius 1 is 1.07 bits per heavy atom. The normalized spacial score (nSPS) is 19.7. The van der Waals surface area contributed by atoms with Crippen molar-refractivity contribution in [3.63, 3.8) is 0 Å². The number of fused-ring (bicyclic) bond motifs is 1. The number of piperazine rings is 1. The van der Waals surface area contributed by atoms with Crippen LogP contribution in [0.15, 0.2) is 36.7 Å². The lowest BCUT2D eigenvalue weighted by Crippen LogP contribution is -2.48. The highest BCUT2D eigenvalue weighted by molar-refractivity contribution is 5.95. The molecule has 5 rings (SSSR count). The Morgan fingerprint density at radius 3 is 2.67 bits per heavy atom. The Hall–Kier alpha value is -3.20. The Balaban J connectivity index is 1.54. The van der Waals surface area contributed by atoms with Gasteiger partial charge in [0.1, 0.15) is 23.3 Å². The SMILES string of the molecule is O=C1CNCCN1c1ccc(-c2c(F)cnc3ccc(N4CCC(F)C4)nc23)cn1. The van der Waals surface area contributed by atoms with Crippen LogP contribution >= 0.6 is 0 Å². The molecule has 1 atom stereocenters. The minimum absolute atomic E-state index is 0.0508. The molecule has 154 valence electrons. The van der Waals surface area contributed by atoms with Gasteiger partial charge >= 0.3 is 0 Å². The van der Waals surface area contributed by atoms with Gasteiger partial charge < -0.3 is 10.2 Å². The number of nitrogens with one attached hydrogen (secondary N) is 1. The topological polar surface area (TPSA) is 74.2 Å². The van der Waals surface area contributed by atoms with Gasteiger partial charge in [0.15, 0.2) is 5.82 Å². The number of rotatable bonds is 3. The van der Waals surface area contributed by atoms with E-state index in [1.54, 1.807) is 35.4 Å². The molecule has 2 aliphatic rings. The smallest absolute Gasteiger partial charge is 0.242 e. The molecule has 0 radical (unpaired) electrons. The van der Waals surface area contributed by atoms with Gasteiger partial charge in [-0.1, -0.05) is 0 Å². The predicted molar refractivity (Wildman–Crippen MR) is 110 cm³/mol. The van der Waals surface area contributed by atoms with Gasteiger partial charge in [-0.25, -0.2) is 18.7 Å². The first-order valence-corrected chi connectivity index (χ1v) is 9.92. The van der Waals surface area contributed by atoms with Crippen molar-refractivity contribution in [2.45, 2.75) is 12.6 Å². The van der Waals surface area contributed by atoms with E-state index in [0.29, 0.717) is 59.9 Å². The first-order chi connectivity index (χ1) is 14.6. The highest BCUT2D eigenvalue weighted by Crippen LogP contribution is 2.32. The van der Waals surface area contributed by atoms with Crippen LogP contribution in [-0.4, -0.2) is 59.8 Å². The predicted octanol–water partition coefficient (Wildman–Crippen LogP) is 2.32. The molecule has 5 heterocycles. The molecule has 3 aromatic heterocycles. The van der Waals surface area contributed by atoms with Gasteiger partial charge in [-0.15, -0.1) is 0 Å². The molecule has 30 heavy (non-hydrogen) atoms. The first kappa shape index (κ1) is 18.8. The third-order valence-electron chi connectivity index (χ3n) is 5.51. The van der Waals surface area contributed by atoms with E-state index in [0.717, 1.165) is 0 Å². The van der Waals surface area contributed by atoms with Crippen LogP contribution in [0.1, 0.15) is 6.42 Å². The fourth-order valence-corrected chi connectivity index (χ4v) is 3.95. The lowest BCUT2D eigenvalue weighted by molar-refractivity contribution is -0.118. The van der Waals surface area contributed by atoms with Crippen LogP contribution in [-0.2, 0) is 4.79 Å². The van der Waals surface area contributed by atoms with Crippen LogP contribution in [0, 0.1) is 5.82 Å². The number of amides is 1. The zero-order chi connectivity index (χ0) is 20.7. The number of hydrogen-bond acceptors (Lipinski definition) is 6. The maximum absolute atomic E-state index is 14.8. The van der Waals surface area contributed by atoms with Gasteiger partial charge in [0.25, 0.3) is 0 Å². The van der Waals surface area contributed by atoms with Gasteiger partial charge in [-0.3, -0.25) is 14.7 Å². The molecular formula is C21H20F2N6O. The molecule has 1 N–H and O–H groups in total. The molecular weight excluding hydrogens is 390 g/mol. The number of hydrogen-bond donors (Lipinski definition) is 1. The molecule has 2 saturated heterocycles. The van der Waals surface area contributed by atoms with Gasteiger partial charge in [0.2, 0.25) is 5.91 Å². The number of halogens is 2. The lowest BCUT2D eigenvalue weighted by Gasteiger charge is -2.26. The minimum Gasteiger partial charge on any atom is -0.354 e. The highest BCUT2D eigenvalue weighted by Gasteiger charge is 2.24. The molecule has 0 bridgehead atoms. The number of carbonyl (C=O) groups is 1. The van der Waals surface area contributed by atoms with E-state index in [4.69, 9.17) is 0 Å². The van der Waals surface area contributed by atoms with Crippen molar-refractivity contribution in [3.8, 4) is 11.1 Å². The second-order valence-electron chi connectivity index (χ2n) is 7.48. The lowest BCUT2D eigenvalue weighted by atomic mass is 10.1. The maximum Gasteiger partial charge on any atom is 0.242 e. The average molecular weight is 410 g/mol. The van der Waals surface area contributed by atoms with E-state index < -0.39 is 12.0 Å².